The van der Waals surface area contributed by atoms with Gasteiger partial charge in [-0.3, -0.25) is 4.79 Å². The number of carbonyl (C=O) groups excluding carboxylic acids is 1. The van der Waals surface area contributed by atoms with Crippen molar-refractivity contribution in [2.45, 2.75) is 12.2 Å². The molecule has 0 aliphatic heterocycles. The number of aliphatic hydroxyl groups excluding tert-OH is 1. The predicted octanol–water partition coefficient (Wildman–Crippen LogP) is 2.13. The van der Waals surface area contributed by atoms with Crippen molar-refractivity contribution in [2.75, 3.05) is 18.9 Å². The van der Waals surface area contributed by atoms with Gasteiger partial charge in [-0.05, 0) is 18.6 Å². The molecule has 0 atom stereocenters. The zero-order valence-corrected chi connectivity index (χ0v) is 11.1. The fourth-order valence-corrected chi connectivity index (χ4v) is 3.09. The van der Waals surface area contributed by atoms with Gasteiger partial charge in [0.05, 0.1) is 10.1 Å². The summed E-state index contributed by atoms with van der Waals surface area (Å²) in [7, 11) is 0. The zero-order chi connectivity index (χ0) is 11.8. The van der Waals surface area contributed by atoms with Crippen LogP contribution in [0, 0.1) is 0 Å². The van der Waals surface area contributed by atoms with Crippen molar-refractivity contribution in [2.24, 2.45) is 0 Å². The Labute approximate surface area is 108 Å². The number of carbonyl (C=O) groups is 1. The zero-order valence-electron chi connectivity index (χ0n) is 8.74. The van der Waals surface area contributed by atoms with Crippen molar-refractivity contribution < 1.29 is 9.90 Å². The highest BCUT2D eigenvalue weighted by molar-refractivity contribution is 7.99. The summed E-state index contributed by atoms with van der Waals surface area (Å²) >= 11 is 8.90. The Kier molecular flexibility index (Phi) is 6.87. The van der Waals surface area contributed by atoms with E-state index < -0.39 is 0 Å². The molecule has 6 heteroatoms. The Morgan fingerprint density at radius 1 is 1.56 bits per heavy atom. The molecule has 0 spiro atoms. The first kappa shape index (κ1) is 13.8. The molecular weight excluding hydrogens is 266 g/mol. The molecule has 2 N–H and O–H groups in total. The van der Waals surface area contributed by atoms with Crippen molar-refractivity contribution >= 4 is 40.6 Å². The van der Waals surface area contributed by atoms with Crippen LogP contribution in [0.5, 0.6) is 0 Å². The third-order valence-corrected chi connectivity index (χ3v) is 4.16. The maximum absolute atomic E-state index is 11.3. The van der Waals surface area contributed by atoms with E-state index in [1.54, 1.807) is 23.1 Å². The van der Waals surface area contributed by atoms with E-state index in [9.17, 15) is 4.79 Å². The molecule has 0 fully saturated rings. The quantitative estimate of drug-likeness (QED) is 0.752. The molecule has 0 bridgehead atoms. The van der Waals surface area contributed by atoms with Gasteiger partial charge in [-0.15, -0.1) is 23.1 Å². The van der Waals surface area contributed by atoms with Crippen molar-refractivity contribution in [3.63, 3.8) is 0 Å². The van der Waals surface area contributed by atoms with E-state index in [0.717, 1.165) is 10.1 Å². The Morgan fingerprint density at radius 2 is 2.38 bits per heavy atom. The van der Waals surface area contributed by atoms with Gasteiger partial charge < -0.3 is 10.4 Å². The SMILES string of the molecule is O=C(CSCc1ccc(Cl)s1)NCCCO. The third-order valence-electron chi connectivity index (χ3n) is 1.76. The molecule has 0 saturated carbocycles. The highest BCUT2D eigenvalue weighted by atomic mass is 35.5. The van der Waals surface area contributed by atoms with Crippen LogP contribution < -0.4 is 5.32 Å². The van der Waals surface area contributed by atoms with E-state index in [0.29, 0.717) is 18.7 Å². The van der Waals surface area contributed by atoms with Crippen LogP contribution in [0.3, 0.4) is 0 Å². The number of hydrogen-bond acceptors (Lipinski definition) is 4. The van der Waals surface area contributed by atoms with E-state index in [1.807, 2.05) is 12.1 Å². The molecule has 1 aromatic rings. The van der Waals surface area contributed by atoms with E-state index in [-0.39, 0.29) is 12.5 Å². The highest BCUT2D eigenvalue weighted by Crippen LogP contribution is 2.24. The molecule has 1 rings (SSSR count). The lowest BCUT2D eigenvalue weighted by atomic mass is 10.4. The average molecular weight is 280 g/mol. The summed E-state index contributed by atoms with van der Waals surface area (Å²) in [6, 6.07) is 3.84. The van der Waals surface area contributed by atoms with Gasteiger partial charge in [-0.1, -0.05) is 11.6 Å². The lowest BCUT2D eigenvalue weighted by Gasteiger charge is -2.02. The van der Waals surface area contributed by atoms with Crippen LogP contribution in [0.1, 0.15) is 11.3 Å². The van der Waals surface area contributed by atoms with E-state index in [2.05, 4.69) is 5.32 Å². The second kappa shape index (κ2) is 7.95. The summed E-state index contributed by atoms with van der Waals surface area (Å²) in [6.45, 7) is 0.655. The number of thiophene rings is 1. The van der Waals surface area contributed by atoms with Gasteiger partial charge >= 0.3 is 0 Å². The highest BCUT2D eigenvalue weighted by Gasteiger charge is 2.02. The Bertz CT molecular complexity index is 330. The van der Waals surface area contributed by atoms with Crippen LogP contribution in [-0.2, 0) is 10.5 Å². The molecule has 16 heavy (non-hydrogen) atoms. The van der Waals surface area contributed by atoms with E-state index in [4.69, 9.17) is 16.7 Å². The monoisotopic (exact) mass is 279 g/mol. The molecule has 0 saturated heterocycles. The van der Waals surface area contributed by atoms with Crippen molar-refractivity contribution in [3.05, 3.63) is 21.3 Å². The molecule has 1 heterocycles. The molecule has 0 aliphatic rings. The minimum atomic E-state index is 0.0149. The predicted molar refractivity (Wildman–Crippen MR) is 70.2 cm³/mol. The minimum absolute atomic E-state index is 0.0149. The Balaban J connectivity index is 2.08. The normalized spacial score (nSPS) is 10.4. The number of aliphatic hydroxyl groups is 1. The molecule has 1 aromatic heterocycles. The number of rotatable bonds is 7. The summed E-state index contributed by atoms with van der Waals surface area (Å²) in [5.74, 6) is 1.27. The number of thioether (sulfide) groups is 1. The van der Waals surface area contributed by atoms with Crippen LogP contribution in [0.2, 0.25) is 4.34 Å². The standard InChI is InChI=1S/C10H14ClNO2S2/c11-9-3-2-8(16-9)6-15-7-10(14)12-4-1-5-13/h2-3,13H,1,4-7H2,(H,12,14). The fraction of sp³-hybridized carbons (Fsp3) is 0.500. The van der Waals surface area contributed by atoms with Gasteiger partial charge in [-0.2, -0.15) is 0 Å². The number of nitrogens with one attached hydrogen (secondary N) is 1. The van der Waals surface area contributed by atoms with Crippen molar-refractivity contribution in [1.29, 1.82) is 0 Å². The third kappa shape index (κ3) is 5.75. The molecular formula is C10H14ClNO2S2. The largest absolute Gasteiger partial charge is 0.396 e. The smallest absolute Gasteiger partial charge is 0.230 e. The van der Waals surface area contributed by atoms with Crippen molar-refractivity contribution in [1.82, 2.24) is 5.32 Å². The summed E-state index contributed by atoms with van der Waals surface area (Å²) in [6.07, 6.45) is 0.608. The lowest BCUT2D eigenvalue weighted by molar-refractivity contribution is -0.118. The first-order valence-corrected chi connectivity index (χ1v) is 7.27. The maximum atomic E-state index is 11.3. The van der Waals surface area contributed by atoms with Gasteiger partial charge in [0.25, 0.3) is 0 Å². The molecule has 1 amide bonds. The number of amides is 1. The van der Waals surface area contributed by atoms with E-state index in [1.165, 1.54) is 4.88 Å². The first-order valence-electron chi connectivity index (χ1n) is 4.92. The minimum Gasteiger partial charge on any atom is -0.396 e. The molecule has 0 radical (unpaired) electrons. The lowest BCUT2D eigenvalue weighted by Crippen LogP contribution is -2.26. The van der Waals surface area contributed by atoms with Crippen LogP contribution >= 0.6 is 34.7 Å². The second-order valence-corrected chi connectivity index (χ2v) is 5.91. The summed E-state index contributed by atoms with van der Waals surface area (Å²) < 4.78 is 0.781. The van der Waals surface area contributed by atoms with Crippen LogP contribution in [0.4, 0.5) is 0 Å². The van der Waals surface area contributed by atoms with Gasteiger partial charge in [0.2, 0.25) is 5.91 Å². The molecule has 90 valence electrons. The van der Waals surface area contributed by atoms with E-state index >= 15 is 0 Å². The Morgan fingerprint density at radius 3 is 3.00 bits per heavy atom. The maximum Gasteiger partial charge on any atom is 0.230 e. The molecule has 0 aliphatic carbocycles. The van der Waals surface area contributed by atoms with Crippen LogP contribution in [0.15, 0.2) is 12.1 Å². The average Bonchev–Trinajstić information content (AvgIpc) is 2.65. The van der Waals surface area contributed by atoms with Gasteiger partial charge in [0, 0.05) is 23.8 Å². The van der Waals surface area contributed by atoms with Gasteiger partial charge in [0.15, 0.2) is 0 Å². The molecule has 0 aromatic carbocycles. The Hall–Kier alpha value is -0.230. The molecule has 0 unspecified atom stereocenters. The molecule has 3 nitrogen and oxygen atoms in total. The topological polar surface area (TPSA) is 49.3 Å². The number of hydrogen-bond donors (Lipinski definition) is 2. The second-order valence-electron chi connectivity index (χ2n) is 3.13. The van der Waals surface area contributed by atoms with Crippen LogP contribution in [-0.4, -0.2) is 29.9 Å². The van der Waals surface area contributed by atoms with Crippen LogP contribution in [0.25, 0.3) is 0 Å². The summed E-state index contributed by atoms with van der Waals surface area (Å²) in [4.78, 5) is 12.5. The summed E-state index contributed by atoms with van der Waals surface area (Å²) in [5, 5.41) is 11.3. The summed E-state index contributed by atoms with van der Waals surface area (Å²) in [5.41, 5.74) is 0. The van der Waals surface area contributed by atoms with Crippen molar-refractivity contribution in [3.8, 4) is 0 Å². The van der Waals surface area contributed by atoms with Gasteiger partial charge in [-0.25, -0.2) is 0 Å². The van der Waals surface area contributed by atoms with Gasteiger partial charge in [0.1, 0.15) is 0 Å². The number of halogens is 1. The fourth-order valence-electron chi connectivity index (χ4n) is 1.03. The first-order chi connectivity index (χ1) is 7.72.